The number of methoxy groups -OCH3 is 1. The molecule has 7 heteroatoms. The normalized spacial score (nSPS) is 16.4. The molecule has 2 aromatic carbocycles. The van der Waals surface area contributed by atoms with E-state index in [1.54, 1.807) is 17.2 Å². The monoisotopic (exact) mass is 425 g/mol. The fourth-order valence-corrected chi connectivity index (χ4v) is 4.16. The van der Waals surface area contributed by atoms with Gasteiger partial charge in [0.15, 0.2) is 11.6 Å². The maximum Gasteiger partial charge on any atom is 0.253 e. The molecular weight excluding hydrogens is 405 g/mol. The lowest BCUT2D eigenvalue weighted by Gasteiger charge is -2.33. The molecule has 4 rings (SSSR count). The van der Waals surface area contributed by atoms with Gasteiger partial charge in [-0.3, -0.25) is 4.79 Å². The zero-order chi connectivity index (χ0) is 21.1. The van der Waals surface area contributed by atoms with E-state index in [1.807, 2.05) is 24.3 Å². The number of carbonyl (C=O) groups excluding carboxylic acids is 1. The first-order valence-corrected chi connectivity index (χ1v) is 10.1. The first-order chi connectivity index (χ1) is 14.6. The van der Waals surface area contributed by atoms with Gasteiger partial charge in [0.2, 0.25) is 0 Å². The SMILES string of the molecule is COc1ccc(C(=O)N2CCC[C@H](c3ncncc3-c3ccccc3Cl)C2)cc1F. The molecule has 1 amide bonds. The average Bonchev–Trinajstić information content (AvgIpc) is 2.79. The molecule has 1 aliphatic rings. The number of ether oxygens (including phenoxy) is 1. The Morgan fingerprint density at radius 2 is 2.07 bits per heavy atom. The summed E-state index contributed by atoms with van der Waals surface area (Å²) in [6, 6.07) is 11.9. The summed E-state index contributed by atoms with van der Waals surface area (Å²) in [5.74, 6) is -0.586. The summed E-state index contributed by atoms with van der Waals surface area (Å²) in [4.78, 5) is 23.5. The fraction of sp³-hybridized carbons (Fsp3) is 0.261. The maximum absolute atomic E-state index is 14.1. The molecule has 5 nitrogen and oxygen atoms in total. The number of benzene rings is 2. The third-order valence-corrected chi connectivity index (χ3v) is 5.73. The number of hydrogen-bond acceptors (Lipinski definition) is 4. The van der Waals surface area contributed by atoms with E-state index in [0.717, 1.165) is 29.7 Å². The minimum atomic E-state index is -0.547. The molecular formula is C23H21ClFN3O2. The summed E-state index contributed by atoms with van der Waals surface area (Å²) in [5.41, 5.74) is 2.92. The summed E-state index contributed by atoms with van der Waals surface area (Å²) in [6.45, 7) is 1.12. The molecule has 0 saturated carbocycles. The van der Waals surface area contributed by atoms with Crippen LogP contribution >= 0.6 is 11.6 Å². The van der Waals surface area contributed by atoms with E-state index in [-0.39, 0.29) is 17.6 Å². The number of amides is 1. The highest BCUT2D eigenvalue weighted by Gasteiger charge is 2.29. The minimum Gasteiger partial charge on any atom is -0.494 e. The number of hydrogen-bond donors (Lipinski definition) is 0. The minimum absolute atomic E-state index is 0.0417. The summed E-state index contributed by atoms with van der Waals surface area (Å²) >= 11 is 6.40. The molecule has 0 radical (unpaired) electrons. The van der Waals surface area contributed by atoms with Crippen LogP contribution in [-0.2, 0) is 0 Å². The Labute approximate surface area is 179 Å². The van der Waals surface area contributed by atoms with Gasteiger partial charge < -0.3 is 9.64 Å². The molecule has 0 N–H and O–H groups in total. The Bertz CT molecular complexity index is 1080. The Balaban J connectivity index is 1.60. The predicted molar refractivity (Wildman–Crippen MR) is 113 cm³/mol. The molecule has 0 bridgehead atoms. The van der Waals surface area contributed by atoms with Crippen LogP contribution in [-0.4, -0.2) is 41.0 Å². The van der Waals surface area contributed by atoms with Crippen molar-refractivity contribution in [2.75, 3.05) is 20.2 Å². The van der Waals surface area contributed by atoms with Crippen LogP contribution < -0.4 is 4.74 Å². The average molecular weight is 426 g/mol. The number of rotatable bonds is 4. The smallest absolute Gasteiger partial charge is 0.253 e. The van der Waals surface area contributed by atoms with Gasteiger partial charge >= 0.3 is 0 Å². The lowest BCUT2D eigenvalue weighted by atomic mass is 9.89. The van der Waals surface area contributed by atoms with E-state index in [4.69, 9.17) is 16.3 Å². The van der Waals surface area contributed by atoms with Crippen LogP contribution in [0.1, 0.15) is 34.8 Å². The standard InChI is InChI=1S/C23H21ClFN3O2/c1-30-21-9-8-15(11-20(21)25)23(29)28-10-4-5-16(13-28)22-18(12-26-14-27-22)17-6-2-3-7-19(17)24/h2-3,6-9,11-12,14,16H,4-5,10,13H2,1H3/t16-/m0/s1. The van der Waals surface area contributed by atoms with Crippen molar-refractivity contribution in [1.82, 2.24) is 14.9 Å². The highest BCUT2D eigenvalue weighted by molar-refractivity contribution is 6.33. The van der Waals surface area contributed by atoms with E-state index >= 15 is 0 Å². The molecule has 1 atom stereocenters. The van der Waals surface area contributed by atoms with Gasteiger partial charge in [-0.15, -0.1) is 0 Å². The number of piperidine rings is 1. The second-order valence-corrected chi connectivity index (χ2v) is 7.65. The molecule has 154 valence electrons. The van der Waals surface area contributed by atoms with Crippen LogP contribution in [0.5, 0.6) is 5.75 Å². The largest absolute Gasteiger partial charge is 0.494 e. The maximum atomic E-state index is 14.1. The van der Waals surface area contributed by atoms with Gasteiger partial charge in [0.1, 0.15) is 6.33 Å². The van der Waals surface area contributed by atoms with E-state index in [9.17, 15) is 9.18 Å². The second kappa shape index (κ2) is 8.79. The number of halogens is 2. The van der Waals surface area contributed by atoms with Gasteiger partial charge in [-0.25, -0.2) is 14.4 Å². The molecule has 2 heterocycles. The first kappa shape index (κ1) is 20.3. The summed E-state index contributed by atoms with van der Waals surface area (Å²) < 4.78 is 19.0. The fourth-order valence-electron chi connectivity index (χ4n) is 3.92. The van der Waals surface area contributed by atoms with Crippen LogP contribution in [0.3, 0.4) is 0 Å². The van der Waals surface area contributed by atoms with Crippen LogP contribution in [0.15, 0.2) is 55.0 Å². The molecule has 30 heavy (non-hydrogen) atoms. The number of likely N-dealkylation sites (tertiary alicyclic amines) is 1. The quantitative estimate of drug-likeness (QED) is 0.592. The zero-order valence-electron chi connectivity index (χ0n) is 16.5. The Kier molecular flexibility index (Phi) is 5.95. The van der Waals surface area contributed by atoms with Crippen molar-refractivity contribution in [1.29, 1.82) is 0 Å². The van der Waals surface area contributed by atoms with Gasteiger partial charge in [0, 0.05) is 46.9 Å². The van der Waals surface area contributed by atoms with Crippen molar-refractivity contribution in [2.45, 2.75) is 18.8 Å². The molecule has 0 unspecified atom stereocenters. The number of carbonyl (C=O) groups is 1. The van der Waals surface area contributed by atoms with E-state index < -0.39 is 5.82 Å². The lowest BCUT2D eigenvalue weighted by molar-refractivity contribution is 0.0705. The molecule has 3 aromatic rings. The van der Waals surface area contributed by atoms with Crippen molar-refractivity contribution < 1.29 is 13.9 Å². The van der Waals surface area contributed by atoms with Crippen LogP contribution in [0.25, 0.3) is 11.1 Å². The first-order valence-electron chi connectivity index (χ1n) is 9.76. The topological polar surface area (TPSA) is 55.3 Å². The number of nitrogens with zero attached hydrogens (tertiary/aromatic N) is 3. The molecule has 1 saturated heterocycles. The van der Waals surface area contributed by atoms with Gasteiger partial charge in [-0.2, -0.15) is 0 Å². The van der Waals surface area contributed by atoms with E-state index in [1.165, 1.54) is 25.6 Å². The Morgan fingerprint density at radius 3 is 2.83 bits per heavy atom. The predicted octanol–water partition coefficient (Wildman–Crippen LogP) is 4.96. The van der Waals surface area contributed by atoms with Gasteiger partial charge in [0.25, 0.3) is 5.91 Å². The van der Waals surface area contributed by atoms with Crippen LogP contribution in [0, 0.1) is 5.82 Å². The molecule has 1 fully saturated rings. The van der Waals surface area contributed by atoms with Gasteiger partial charge in [0.05, 0.1) is 12.8 Å². The third kappa shape index (κ3) is 4.00. The second-order valence-electron chi connectivity index (χ2n) is 7.24. The van der Waals surface area contributed by atoms with Crippen molar-refractivity contribution in [3.05, 3.63) is 77.1 Å². The van der Waals surface area contributed by atoms with Gasteiger partial charge in [-0.1, -0.05) is 29.8 Å². The summed E-state index contributed by atoms with van der Waals surface area (Å²) in [6.07, 6.45) is 5.02. The van der Waals surface area contributed by atoms with Crippen molar-refractivity contribution in [3.8, 4) is 16.9 Å². The third-order valence-electron chi connectivity index (χ3n) is 5.40. The van der Waals surface area contributed by atoms with E-state index in [2.05, 4.69) is 9.97 Å². The molecule has 0 spiro atoms. The van der Waals surface area contributed by atoms with E-state index in [0.29, 0.717) is 23.7 Å². The van der Waals surface area contributed by atoms with Crippen LogP contribution in [0.2, 0.25) is 5.02 Å². The van der Waals surface area contributed by atoms with Crippen molar-refractivity contribution in [2.24, 2.45) is 0 Å². The summed E-state index contributed by atoms with van der Waals surface area (Å²) in [5, 5.41) is 0.631. The molecule has 1 aromatic heterocycles. The van der Waals surface area contributed by atoms with Crippen molar-refractivity contribution in [3.63, 3.8) is 0 Å². The molecule has 0 aliphatic carbocycles. The molecule has 1 aliphatic heterocycles. The Hall–Kier alpha value is -2.99. The zero-order valence-corrected chi connectivity index (χ0v) is 17.3. The van der Waals surface area contributed by atoms with Gasteiger partial charge in [-0.05, 0) is 37.1 Å². The Morgan fingerprint density at radius 1 is 1.23 bits per heavy atom. The number of aromatic nitrogens is 2. The lowest BCUT2D eigenvalue weighted by Crippen LogP contribution is -2.39. The highest BCUT2D eigenvalue weighted by atomic mass is 35.5. The highest BCUT2D eigenvalue weighted by Crippen LogP contribution is 2.36. The van der Waals surface area contributed by atoms with Crippen molar-refractivity contribution >= 4 is 17.5 Å². The van der Waals surface area contributed by atoms with Crippen LogP contribution in [0.4, 0.5) is 4.39 Å². The summed E-state index contributed by atoms with van der Waals surface area (Å²) in [7, 11) is 1.40.